The molecule has 0 spiro atoms. The number of hydrogen-bond acceptors (Lipinski definition) is 3. The number of hydrogen-bond donors (Lipinski definition) is 2. The Hall–Kier alpha value is -1.85. The topological polar surface area (TPSA) is 74.6 Å². The molecule has 0 saturated carbocycles. The van der Waals surface area contributed by atoms with E-state index < -0.39 is 20.8 Å². The van der Waals surface area contributed by atoms with E-state index >= 15 is 0 Å². The van der Waals surface area contributed by atoms with E-state index in [1.807, 2.05) is 37.3 Å². The van der Waals surface area contributed by atoms with Gasteiger partial charge in [-0.1, -0.05) is 37.3 Å². The zero-order chi connectivity index (χ0) is 14.9. The molecule has 0 radical (unpaired) electrons. The Morgan fingerprint density at radius 1 is 1.10 bits per heavy atom. The van der Waals surface area contributed by atoms with E-state index in [4.69, 9.17) is 4.55 Å². The summed E-state index contributed by atoms with van der Waals surface area (Å²) in [5, 5.41) is 9.66. The summed E-state index contributed by atoms with van der Waals surface area (Å²) in [6.07, 6.45) is 0. The summed E-state index contributed by atoms with van der Waals surface area (Å²) < 4.78 is 31.7. The maximum atomic E-state index is 11.3. The molecule has 1 unspecified atom stereocenters. The molecule has 0 heterocycles. The Morgan fingerprint density at radius 2 is 1.70 bits per heavy atom. The minimum atomic E-state index is -4.44. The molecule has 5 heteroatoms. The molecule has 0 bridgehead atoms. The molecule has 2 aromatic rings. The number of aryl methyl sites for hydroxylation is 1. The van der Waals surface area contributed by atoms with Gasteiger partial charge in [0.15, 0.2) is 0 Å². The molecular weight excluding hydrogens is 276 g/mol. The van der Waals surface area contributed by atoms with Gasteiger partial charge in [0.2, 0.25) is 0 Å². The highest BCUT2D eigenvalue weighted by molar-refractivity contribution is 7.86. The first kappa shape index (κ1) is 14.6. The number of phenolic OH excluding ortho intramolecular Hbond substituents is 1. The summed E-state index contributed by atoms with van der Waals surface area (Å²) in [7, 11) is -4.44. The van der Waals surface area contributed by atoms with Gasteiger partial charge in [-0.3, -0.25) is 4.55 Å². The fourth-order valence-electron chi connectivity index (χ4n) is 2.28. The van der Waals surface area contributed by atoms with Crippen molar-refractivity contribution >= 4 is 10.1 Å². The fraction of sp³-hybridized carbons (Fsp3) is 0.200. The number of aromatic hydroxyl groups is 1. The summed E-state index contributed by atoms with van der Waals surface area (Å²) >= 11 is 0. The van der Waals surface area contributed by atoms with Gasteiger partial charge in [-0.15, -0.1) is 0 Å². The van der Waals surface area contributed by atoms with E-state index in [2.05, 4.69) is 0 Å². The van der Waals surface area contributed by atoms with Crippen molar-refractivity contribution in [2.45, 2.75) is 24.7 Å². The van der Waals surface area contributed by atoms with Crippen LogP contribution in [0.2, 0.25) is 0 Å². The van der Waals surface area contributed by atoms with Gasteiger partial charge >= 0.3 is 0 Å². The Kier molecular flexibility index (Phi) is 3.83. The molecule has 106 valence electrons. The molecule has 4 nitrogen and oxygen atoms in total. The van der Waals surface area contributed by atoms with Crippen molar-refractivity contribution < 1.29 is 18.1 Å². The van der Waals surface area contributed by atoms with Gasteiger partial charge in [-0.25, -0.2) is 0 Å². The van der Waals surface area contributed by atoms with Crippen LogP contribution in [-0.2, 0) is 10.1 Å². The molecule has 0 fully saturated rings. The maximum Gasteiger partial charge on any atom is 0.298 e. The third-order valence-electron chi connectivity index (χ3n) is 3.39. The van der Waals surface area contributed by atoms with Gasteiger partial charge in [0.25, 0.3) is 10.1 Å². The predicted octanol–water partition coefficient (Wildman–Crippen LogP) is 3.10. The van der Waals surface area contributed by atoms with Crippen molar-refractivity contribution in [2.75, 3.05) is 0 Å². The van der Waals surface area contributed by atoms with Crippen LogP contribution in [0.5, 0.6) is 5.75 Å². The van der Waals surface area contributed by atoms with E-state index in [0.717, 1.165) is 16.7 Å². The molecule has 0 aliphatic heterocycles. The van der Waals surface area contributed by atoms with Crippen LogP contribution in [0.3, 0.4) is 0 Å². The standard InChI is InChI=1S/C15H16O4S/c1-10-8-14(16)15(20(17,18)19)9-13(10)11(2)12-6-4-3-5-7-12/h3-9,11,16H,1-2H3,(H,17,18,19). The van der Waals surface area contributed by atoms with E-state index in [0.29, 0.717) is 0 Å². The van der Waals surface area contributed by atoms with Crippen molar-refractivity contribution in [3.8, 4) is 5.75 Å². The van der Waals surface area contributed by atoms with Crippen LogP contribution >= 0.6 is 0 Å². The fourth-order valence-corrected chi connectivity index (χ4v) is 2.88. The first-order chi connectivity index (χ1) is 9.30. The van der Waals surface area contributed by atoms with Gasteiger partial charge in [-0.2, -0.15) is 8.42 Å². The van der Waals surface area contributed by atoms with Crippen LogP contribution in [0, 0.1) is 6.92 Å². The lowest BCUT2D eigenvalue weighted by Crippen LogP contribution is -2.04. The quantitative estimate of drug-likeness (QED) is 0.852. The molecule has 1 atom stereocenters. The first-order valence-corrected chi connectivity index (χ1v) is 7.60. The maximum absolute atomic E-state index is 11.3. The smallest absolute Gasteiger partial charge is 0.298 e. The summed E-state index contributed by atoms with van der Waals surface area (Å²) in [4.78, 5) is -0.458. The van der Waals surface area contributed by atoms with Crippen molar-refractivity contribution in [1.82, 2.24) is 0 Å². The van der Waals surface area contributed by atoms with Crippen LogP contribution < -0.4 is 0 Å². The van der Waals surface area contributed by atoms with Crippen molar-refractivity contribution in [1.29, 1.82) is 0 Å². The van der Waals surface area contributed by atoms with Gasteiger partial charge in [-0.05, 0) is 35.7 Å². The van der Waals surface area contributed by atoms with Gasteiger partial charge in [0.1, 0.15) is 10.6 Å². The molecule has 0 aliphatic rings. The SMILES string of the molecule is Cc1cc(O)c(S(=O)(=O)O)cc1C(C)c1ccccc1. The average Bonchev–Trinajstić information content (AvgIpc) is 2.37. The molecule has 0 saturated heterocycles. The Morgan fingerprint density at radius 3 is 2.25 bits per heavy atom. The van der Waals surface area contributed by atoms with Gasteiger partial charge in [0.05, 0.1) is 0 Å². The summed E-state index contributed by atoms with van der Waals surface area (Å²) in [5.74, 6) is -0.480. The number of phenols is 1. The van der Waals surface area contributed by atoms with E-state index in [-0.39, 0.29) is 5.92 Å². The molecule has 0 aliphatic carbocycles. The van der Waals surface area contributed by atoms with Crippen LogP contribution in [0.4, 0.5) is 0 Å². The molecule has 2 aromatic carbocycles. The summed E-state index contributed by atoms with van der Waals surface area (Å²) in [5.41, 5.74) is 2.55. The van der Waals surface area contributed by atoms with Crippen LogP contribution in [0.25, 0.3) is 0 Å². The third kappa shape index (κ3) is 2.84. The number of benzene rings is 2. The van der Waals surface area contributed by atoms with E-state index in [1.165, 1.54) is 12.1 Å². The molecule has 0 amide bonds. The second-order valence-corrected chi connectivity index (χ2v) is 6.17. The summed E-state index contributed by atoms with van der Waals surface area (Å²) in [6.45, 7) is 3.74. The lowest BCUT2D eigenvalue weighted by atomic mass is 9.90. The Labute approximate surface area is 118 Å². The zero-order valence-electron chi connectivity index (χ0n) is 11.2. The Bertz CT molecular complexity index is 721. The van der Waals surface area contributed by atoms with E-state index in [9.17, 15) is 13.5 Å². The van der Waals surface area contributed by atoms with Crippen molar-refractivity contribution in [2.24, 2.45) is 0 Å². The van der Waals surface area contributed by atoms with Crippen molar-refractivity contribution in [3.63, 3.8) is 0 Å². The van der Waals surface area contributed by atoms with Gasteiger partial charge < -0.3 is 5.11 Å². The molecule has 0 aromatic heterocycles. The van der Waals surface area contributed by atoms with Gasteiger partial charge in [0, 0.05) is 5.92 Å². The lowest BCUT2D eigenvalue weighted by molar-refractivity contribution is 0.442. The minimum absolute atomic E-state index is 0.0442. The summed E-state index contributed by atoms with van der Waals surface area (Å²) in [6, 6.07) is 12.3. The van der Waals surface area contributed by atoms with E-state index in [1.54, 1.807) is 6.92 Å². The normalized spacial score (nSPS) is 13.2. The lowest BCUT2D eigenvalue weighted by Gasteiger charge is -2.17. The number of rotatable bonds is 3. The monoisotopic (exact) mass is 292 g/mol. The second kappa shape index (κ2) is 5.26. The largest absolute Gasteiger partial charge is 0.506 e. The highest BCUT2D eigenvalue weighted by atomic mass is 32.2. The molecule has 20 heavy (non-hydrogen) atoms. The molecular formula is C15H16O4S. The second-order valence-electron chi connectivity index (χ2n) is 4.78. The van der Waals surface area contributed by atoms with Crippen LogP contribution in [0.15, 0.2) is 47.4 Å². The average molecular weight is 292 g/mol. The van der Waals surface area contributed by atoms with Crippen LogP contribution in [0.1, 0.15) is 29.5 Å². The third-order valence-corrected chi connectivity index (χ3v) is 4.27. The molecule has 2 N–H and O–H groups in total. The Balaban J connectivity index is 2.58. The highest BCUT2D eigenvalue weighted by Gasteiger charge is 2.20. The first-order valence-electron chi connectivity index (χ1n) is 6.16. The molecule has 2 rings (SSSR count). The van der Waals surface area contributed by atoms with Crippen molar-refractivity contribution in [3.05, 3.63) is 59.2 Å². The zero-order valence-corrected chi connectivity index (χ0v) is 12.1. The minimum Gasteiger partial charge on any atom is -0.506 e. The highest BCUT2D eigenvalue weighted by Crippen LogP contribution is 2.33. The predicted molar refractivity (Wildman–Crippen MR) is 76.6 cm³/mol. The van der Waals surface area contributed by atoms with Crippen LogP contribution in [-0.4, -0.2) is 18.1 Å².